The second kappa shape index (κ2) is 9.53. The molecule has 0 radical (unpaired) electrons. The molecule has 0 aliphatic heterocycles. The van der Waals surface area contributed by atoms with Crippen LogP contribution < -0.4 is 10.6 Å². The minimum absolute atomic E-state index is 0.0674. The number of carbonyl (C=O) groups is 1. The van der Waals surface area contributed by atoms with E-state index in [0.717, 1.165) is 25.1 Å². The van der Waals surface area contributed by atoms with E-state index in [1.807, 2.05) is 12.1 Å². The van der Waals surface area contributed by atoms with Gasteiger partial charge >= 0.3 is 0 Å². The number of rotatable bonds is 9. The van der Waals surface area contributed by atoms with Crippen LogP contribution in [-0.4, -0.2) is 39.3 Å². The molecule has 0 atom stereocenters. The predicted octanol–water partition coefficient (Wildman–Crippen LogP) is 1.14. The van der Waals surface area contributed by atoms with Crippen molar-refractivity contribution < 1.29 is 9.53 Å². The Labute approximate surface area is 115 Å². The average molecular weight is 264 g/mol. The van der Waals surface area contributed by atoms with E-state index in [1.165, 1.54) is 5.56 Å². The summed E-state index contributed by atoms with van der Waals surface area (Å²) < 4.78 is 4.92. The van der Waals surface area contributed by atoms with Crippen molar-refractivity contribution in [3.8, 4) is 0 Å². The first-order valence-corrected chi connectivity index (χ1v) is 6.80. The third-order valence-electron chi connectivity index (χ3n) is 2.90. The van der Waals surface area contributed by atoms with Crippen molar-refractivity contribution in [2.45, 2.75) is 19.8 Å². The lowest BCUT2D eigenvalue weighted by Gasteiger charge is -2.07. The van der Waals surface area contributed by atoms with Gasteiger partial charge in [-0.25, -0.2) is 0 Å². The van der Waals surface area contributed by atoms with Crippen LogP contribution in [-0.2, 0) is 22.4 Å². The molecule has 0 aromatic heterocycles. The van der Waals surface area contributed by atoms with E-state index in [2.05, 4.69) is 29.7 Å². The van der Waals surface area contributed by atoms with Gasteiger partial charge in [-0.3, -0.25) is 4.79 Å². The molecular weight excluding hydrogens is 240 g/mol. The second-order valence-electron chi connectivity index (χ2n) is 4.44. The molecule has 2 N–H and O–H groups in total. The largest absolute Gasteiger partial charge is 0.383 e. The third-order valence-corrected chi connectivity index (χ3v) is 2.90. The minimum Gasteiger partial charge on any atom is -0.383 e. The monoisotopic (exact) mass is 264 g/mol. The summed E-state index contributed by atoms with van der Waals surface area (Å²) in [5, 5.41) is 6.08. The van der Waals surface area contributed by atoms with Crippen LogP contribution in [0.1, 0.15) is 18.1 Å². The third kappa shape index (κ3) is 6.94. The second-order valence-corrected chi connectivity index (χ2v) is 4.44. The highest BCUT2D eigenvalue weighted by Gasteiger charge is 2.02. The molecule has 4 nitrogen and oxygen atoms in total. The predicted molar refractivity (Wildman–Crippen MR) is 77.3 cm³/mol. The smallest absolute Gasteiger partial charge is 0.224 e. The van der Waals surface area contributed by atoms with Crippen LogP contribution in [0, 0.1) is 0 Å². The van der Waals surface area contributed by atoms with Gasteiger partial charge in [-0.05, 0) is 17.5 Å². The molecule has 19 heavy (non-hydrogen) atoms. The van der Waals surface area contributed by atoms with E-state index >= 15 is 0 Å². The van der Waals surface area contributed by atoms with Crippen LogP contribution in [0.25, 0.3) is 0 Å². The lowest BCUT2D eigenvalue weighted by atomic mass is 10.1. The maximum Gasteiger partial charge on any atom is 0.224 e. The number of hydrogen-bond donors (Lipinski definition) is 2. The molecule has 1 rings (SSSR count). The normalized spacial score (nSPS) is 10.4. The molecule has 0 spiro atoms. The molecule has 0 aliphatic carbocycles. The highest BCUT2D eigenvalue weighted by atomic mass is 16.5. The van der Waals surface area contributed by atoms with Crippen molar-refractivity contribution in [1.29, 1.82) is 0 Å². The summed E-state index contributed by atoms with van der Waals surface area (Å²) in [6.45, 7) is 5.04. The molecule has 0 saturated heterocycles. The van der Waals surface area contributed by atoms with Gasteiger partial charge in [0, 0.05) is 26.7 Å². The molecule has 0 saturated carbocycles. The van der Waals surface area contributed by atoms with E-state index < -0.39 is 0 Å². The van der Waals surface area contributed by atoms with Gasteiger partial charge in [0.05, 0.1) is 13.0 Å². The van der Waals surface area contributed by atoms with Gasteiger partial charge in [-0.15, -0.1) is 0 Å². The Morgan fingerprint density at radius 3 is 2.42 bits per heavy atom. The zero-order valence-electron chi connectivity index (χ0n) is 11.9. The maximum absolute atomic E-state index is 11.7. The zero-order chi connectivity index (χ0) is 13.9. The van der Waals surface area contributed by atoms with Crippen LogP contribution in [0.5, 0.6) is 0 Å². The fourth-order valence-corrected chi connectivity index (χ4v) is 1.73. The summed E-state index contributed by atoms with van der Waals surface area (Å²) in [7, 11) is 1.67. The van der Waals surface area contributed by atoms with E-state index in [9.17, 15) is 4.79 Å². The molecule has 4 heteroatoms. The first-order chi connectivity index (χ1) is 9.26. The summed E-state index contributed by atoms with van der Waals surface area (Å²) in [6.07, 6.45) is 1.47. The molecule has 106 valence electrons. The Balaban J connectivity index is 2.16. The number of hydrogen-bond acceptors (Lipinski definition) is 3. The number of methoxy groups -OCH3 is 1. The molecule has 1 amide bonds. The summed E-state index contributed by atoms with van der Waals surface area (Å²) in [4.78, 5) is 11.7. The van der Waals surface area contributed by atoms with Crippen molar-refractivity contribution >= 4 is 5.91 Å². The topological polar surface area (TPSA) is 50.4 Å². The lowest BCUT2D eigenvalue weighted by Crippen LogP contribution is -2.33. The summed E-state index contributed by atoms with van der Waals surface area (Å²) >= 11 is 0. The van der Waals surface area contributed by atoms with Crippen molar-refractivity contribution in [1.82, 2.24) is 10.6 Å². The van der Waals surface area contributed by atoms with Crippen LogP contribution in [0.15, 0.2) is 24.3 Å². The van der Waals surface area contributed by atoms with E-state index in [0.29, 0.717) is 19.6 Å². The van der Waals surface area contributed by atoms with Gasteiger partial charge in [0.1, 0.15) is 0 Å². The fourth-order valence-electron chi connectivity index (χ4n) is 1.73. The van der Waals surface area contributed by atoms with Crippen LogP contribution in [0.3, 0.4) is 0 Å². The van der Waals surface area contributed by atoms with Crippen molar-refractivity contribution in [2.75, 3.05) is 33.4 Å². The van der Waals surface area contributed by atoms with Crippen molar-refractivity contribution in [2.24, 2.45) is 0 Å². The maximum atomic E-state index is 11.7. The van der Waals surface area contributed by atoms with E-state index in [1.54, 1.807) is 7.11 Å². The Bertz CT molecular complexity index is 363. The first kappa shape index (κ1) is 15.7. The van der Waals surface area contributed by atoms with Crippen LogP contribution in [0.4, 0.5) is 0 Å². The summed E-state index contributed by atoms with van der Waals surface area (Å²) in [5.74, 6) is 0.0674. The molecule has 0 unspecified atom stereocenters. The van der Waals surface area contributed by atoms with Crippen LogP contribution in [0.2, 0.25) is 0 Å². The number of amides is 1. The highest BCUT2D eigenvalue weighted by Crippen LogP contribution is 2.05. The summed E-state index contributed by atoms with van der Waals surface area (Å²) in [6, 6.07) is 8.20. The Morgan fingerprint density at radius 1 is 1.11 bits per heavy atom. The highest BCUT2D eigenvalue weighted by molar-refractivity contribution is 5.78. The Kier molecular flexibility index (Phi) is 7.86. The molecule has 1 aromatic rings. The molecule has 1 aromatic carbocycles. The molecule has 0 fully saturated rings. The van der Waals surface area contributed by atoms with Crippen molar-refractivity contribution in [3.63, 3.8) is 0 Å². The minimum atomic E-state index is 0.0674. The zero-order valence-corrected chi connectivity index (χ0v) is 11.9. The van der Waals surface area contributed by atoms with Crippen LogP contribution >= 0.6 is 0 Å². The van der Waals surface area contributed by atoms with Gasteiger partial charge < -0.3 is 15.4 Å². The number of carbonyl (C=O) groups excluding carboxylic acids is 1. The van der Waals surface area contributed by atoms with Gasteiger partial charge in [0.15, 0.2) is 0 Å². The van der Waals surface area contributed by atoms with E-state index in [4.69, 9.17) is 4.74 Å². The first-order valence-electron chi connectivity index (χ1n) is 6.80. The molecule has 0 bridgehead atoms. The van der Waals surface area contributed by atoms with Gasteiger partial charge in [0.2, 0.25) is 5.91 Å². The van der Waals surface area contributed by atoms with Crippen molar-refractivity contribution in [3.05, 3.63) is 35.4 Å². The summed E-state index contributed by atoms with van der Waals surface area (Å²) in [5.41, 5.74) is 2.36. The lowest BCUT2D eigenvalue weighted by molar-refractivity contribution is -0.120. The molecule has 0 aliphatic rings. The van der Waals surface area contributed by atoms with E-state index in [-0.39, 0.29) is 5.91 Å². The van der Waals surface area contributed by atoms with Gasteiger partial charge in [-0.2, -0.15) is 0 Å². The number of ether oxygens (including phenoxy) is 1. The standard InChI is InChI=1S/C15H24N2O2/c1-3-13-4-6-14(7-5-13)12-15(18)17-9-8-16-10-11-19-2/h4-7,16H,3,8-12H2,1-2H3,(H,17,18). The Hall–Kier alpha value is -1.39. The van der Waals surface area contributed by atoms with Gasteiger partial charge in [-0.1, -0.05) is 31.2 Å². The fraction of sp³-hybridized carbons (Fsp3) is 0.533. The SMILES string of the molecule is CCc1ccc(CC(=O)NCCNCCOC)cc1. The molecule has 0 heterocycles. The number of aryl methyl sites for hydroxylation is 1. The number of benzene rings is 1. The van der Waals surface area contributed by atoms with Gasteiger partial charge in [0.25, 0.3) is 0 Å². The number of nitrogens with one attached hydrogen (secondary N) is 2. The molecular formula is C15H24N2O2. The Morgan fingerprint density at radius 2 is 1.79 bits per heavy atom. The average Bonchev–Trinajstić information content (AvgIpc) is 2.43. The quantitative estimate of drug-likeness (QED) is 0.658.